The van der Waals surface area contributed by atoms with Gasteiger partial charge in [-0.3, -0.25) is 4.79 Å². The van der Waals surface area contributed by atoms with Crippen LogP contribution in [-0.4, -0.2) is 31.2 Å². The van der Waals surface area contributed by atoms with E-state index >= 15 is 0 Å². The summed E-state index contributed by atoms with van der Waals surface area (Å²) in [5.41, 5.74) is 2.50. The first kappa shape index (κ1) is 14.5. The van der Waals surface area contributed by atoms with Crippen LogP contribution >= 0.6 is 0 Å². The maximum Gasteiger partial charge on any atom is 0.287 e. The van der Waals surface area contributed by atoms with Gasteiger partial charge in [0.15, 0.2) is 5.76 Å². The summed E-state index contributed by atoms with van der Waals surface area (Å²) in [4.78, 5) is 16.5. The maximum atomic E-state index is 12.1. The molecule has 0 spiro atoms. The van der Waals surface area contributed by atoms with Gasteiger partial charge in [-0.2, -0.15) is 0 Å². The number of furan rings is 1. The number of benzene rings is 1. The molecule has 0 aliphatic heterocycles. The highest BCUT2D eigenvalue weighted by Gasteiger charge is 2.13. The first-order chi connectivity index (χ1) is 10.7. The number of rotatable bonds is 5. The van der Waals surface area contributed by atoms with E-state index in [9.17, 15) is 4.79 Å². The molecule has 0 unspecified atom stereocenters. The molecule has 5 nitrogen and oxygen atoms in total. The Kier molecular flexibility index (Phi) is 4.06. The summed E-state index contributed by atoms with van der Waals surface area (Å²) in [5, 5.41) is 4.67. The van der Waals surface area contributed by atoms with Crippen molar-refractivity contribution < 1.29 is 13.9 Å². The maximum absolute atomic E-state index is 12.1. The molecule has 0 saturated carbocycles. The molecule has 0 atom stereocenters. The molecule has 0 fully saturated rings. The Hall–Kier alpha value is -2.40. The smallest absolute Gasteiger partial charge is 0.287 e. The minimum absolute atomic E-state index is 0.227. The molecule has 0 radical (unpaired) electrons. The minimum atomic E-state index is -0.227. The molecule has 0 saturated heterocycles. The summed E-state index contributed by atoms with van der Waals surface area (Å²) >= 11 is 0. The molecular weight excluding hydrogens is 280 g/mol. The van der Waals surface area contributed by atoms with Crippen LogP contribution < -0.4 is 5.32 Å². The Morgan fingerprint density at radius 2 is 2.14 bits per heavy atom. The Morgan fingerprint density at radius 1 is 1.27 bits per heavy atom. The Morgan fingerprint density at radius 3 is 2.95 bits per heavy atom. The van der Waals surface area contributed by atoms with Crippen molar-refractivity contribution in [3.05, 3.63) is 41.7 Å². The van der Waals surface area contributed by atoms with Crippen LogP contribution in [0.4, 0.5) is 0 Å². The number of carbonyl (C=O) groups is 1. The van der Waals surface area contributed by atoms with Gasteiger partial charge >= 0.3 is 0 Å². The fraction of sp³-hybridized carbons (Fsp3) is 0.294. The average Bonchev–Trinajstić information content (AvgIpc) is 2.92. The highest BCUT2D eigenvalue weighted by atomic mass is 16.5. The van der Waals surface area contributed by atoms with E-state index in [1.165, 1.54) is 0 Å². The number of pyridine rings is 1. The lowest BCUT2D eigenvalue weighted by atomic mass is 10.1. The van der Waals surface area contributed by atoms with Crippen LogP contribution in [0.25, 0.3) is 22.0 Å². The molecule has 2 aromatic heterocycles. The number of hydrogen-bond acceptors (Lipinski definition) is 4. The third kappa shape index (κ3) is 2.94. The molecule has 0 bridgehead atoms. The molecular formula is C17H18N2O3. The van der Waals surface area contributed by atoms with Gasteiger partial charge in [-0.25, -0.2) is 4.98 Å². The van der Waals surface area contributed by atoms with Crippen molar-refractivity contribution in [1.29, 1.82) is 0 Å². The molecule has 2 heterocycles. The molecule has 3 rings (SSSR count). The standard InChI is InChI=1S/C17H18N2O3/c1-11-4-5-12-9-13-10-15(16(20)18-6-3-7-21-2)22-17(13)19-14(12)8-11/h4-5,8-10H,3,6-7H2,1-2H3,(H,18,20). The Balaban J connectivity index is 1.85. The summed E-state index contributed by atoms with van der Waals surface area (Å²) in [6.45, 7) is 3.19. The molecule has 5 heteroatoms. The van der Waals surface area contributed by atoms with Gasteiger partial charge in [0.05, 0.1) is 5.52 Å². The van der Waals surface area contributed by atoms with E-state index in [4.69, 9.17) is 9.15 Å². The monoisotopic (exact) mass is 298 g/mol. The molecule has 1 N–H and O–H groups in total. The predicted octanol–water partition coefficient (Wildman–Crippen LogP) is 3.06. The highest BCUT2D eigenvalue weighted by Crippen LogP contribution is 2.23. The molecule has 1 amide bonds. The number of ether oxygens (including phenoxy) is 1. The predicted molar refractivity (Wildman–Crippen MR) is 85.1 cm³/mol. The van der Waals surface area contributed by atoms with Gasteiger partial charge in [-0.1, -0.05) is 12.1 Å². The van der Waals surface area contributed by atoms with Crippen molar-refractivity contribution >= 4 is 27.9 Å². The zero-order valence-electron chi connectivity index (χ0n) is 12.7. The van der Waals surface area contributed by atoms with Crippen LogP contribution in [0.3, 0.4) is 0 Å². The molecule has 22 heavy (non-hydrogen) atoms. The molecule has 114 valence electrons. The Bertz CT molecular complexity index is 823. The number of nitrogens with one attached hydrogen (secondary N) is 1. The van der Waals surface area contributed by atoms with Gasteiger partial charge in [0, 0.05) is 31.0 Å². The zero-order chi connectivity index (χ0) is 15.5. The van der Waals surface area contributed by atoms with Crippen molar-refractivity contribution in [2.75, 3.05) is 20.3 Å². The lowest BCUT2D eigenvalue weighted by Crippen LogP contribution is -2.24. The van der Waals surface area contributed by atoms with Crippen LogP contribution in [-0.2, 0) is 4.74 Å². The van der Waals surface area contributed by atoms with Crippen LogP contribution in [0.2, 0.25) is 0 Å². The number of methoxy groups -OCH3 is 1. The van der Waals surface area contributed by atoms with Gasteiger partial charge in [0.2, 0.25) is 5.71 Å². The van der Waals surface area contributed by atoms with Crippen molar-refractivity contribution in [2.24, 2.45) is 0 Å². The number of aryl methyl sites for hydroxylation is 1. The van der Waals surface area contributed by atoms with E-state index in [1.807, 2.05) is 31.2 Å². The molecule has 0 aliphatic rings. The lowest BCUT2D eigenvalue weighted by molar-refractivity contribution is 0.0923. The zero-order valence-corrected chi connectivity index (χ0v) is 12.7. The topological polar surface area (TPSA) is 64.4 Å². The van der Waals surface area contributed by atoms with Crippen LogP contribution in [0.1, 0.15) is 22.5 Å². The normalized spacial score (nSPS) is 11.2. The number of amides is 1. The SMILES string of the molecule is COCCCNC(=O)c1cc2cc3ccc(C)cc3nc2o1. The first-order valence-corrected chi connectivity index (χ1v) is 7.25. The summed E-state index contributed by atoms with van der Waals surface area (Å²) in [6.07, 6.45) is 0.768. The second kappa shape index (κ2) is 6.15. The van der Waals surface area contributed by atoms with E-state index < -0.39 is 0 Å². The fourth-order valence-electron chi connectivity index (χ4n) is 2.35. The molecule has 3 aromatic rings. The summed E-state index contributed by atoms with van der Waals surface area (Å²) < 4.78 is 10.5. The van der Waals surface area contributed by atoms with Crippen molar-refractivity contribution in [1.82, 2.24) is 10.3 Å². The number of fused-ring (bicyclic) bond motifs is 2. The van der Waals surface area contributed by atoms with Crippen LogP contribution in [0.15, 0.2) is 34.7 Å². The van der Waals surface area contributed by atoms with E-state index in [2.05, 4.69) is 10.3 Å². The second-order valence-corrected chi connectivity index (χ2v) is 5.29. The number of aromatic nitrogens is 1. The van der Waals surface area contributed by atoms with Gasteiger partial charge < -0.3 is 14.5 Å². The number of nitrogens with zero attached hydrogens (tertiary/aromatic N) is 1. The summed E-state index contributed by atoms with van der Waals surface area (Å²) in [6, 6.07) is 9.78. The summed E-state index contributed by atoms with van der Waals surface area (Å²) in [7, 11) is 1.64. The first-order valence-electron chi connectivity index (χ1n) is 7.25. The van der Waals surface area contributed by atoms with Crippen molar-refractivity contribution in [3.8, 4) is 0 Å². The van der Waals surface area contributed by atoms with Gasteiger partial charge in [-0.05, 0) is 37.1 Å². The number of hydrogen-bond donors (Lipinski definition) is 1. The number of carbonyl (C=O) groups excluding carboxylic acids is 1. The third-order valence-corrected chi connectivity index (χ3v) is 3.49. The quantitative estimate of drug-likeness (QED) is 0.735. The fourth-order valence-corrected chi connectivity index (χ4v) is 2.35. The second-order valence-electron chi connectivity index (χ2n) is 5.29. The third-order valence-electron chi connectivity index (χ3n) is 3.49. The average molecular weight is 298 g/mol. The minimum Gasteiger partial charge on any atom is -0.433 e. The van der Waals surface area contributed by atoms with Crippen molar-refractivity contribution in [3.63, 3.8) is 0 Å². The van der Waals surface area contributed by atoms with Crippen molar-refractivity contribution in [2.45, 2.75) is 13.3 Å². The van der Waals surface area contributed by atoms with Crippen LogP contribution in [0.5, 0.6) is 0 Å². The van der Waals surface area contributed by atoms with Gasteiger partial charge in [0.1, 0.15) is 0 Å². The molecule has 1 aromatic carbocycles. The largest absolute Gasteiger partial charge is 0.433 e. The molecule has 0 aliphatic carbocycles. The van der Waals surface area contributed by atoms with E-state index in [1.54, 1.807) is 13.2 Å². The summed E-state index contributed by atoms with van der Waals surface area (Å²) in [5.74, 6) is 0.0567. The van der Waals surface area contributed by atoms with Gasteiger partial charge in [-0.15, -0.1) is 0 Å². The van der Waals surface area contributed by atoms with E-state index in [-0.39, 0.29) is 11.7 Å². The van der Waals surface area contributed by atoms with E-state index in [0.29, 0.717) is 18.9 Å². The lowest BCUT2D eigenvalue weighted by Gasteiger charge is -2.01. The van der Waals surface area contributed by atoms with Crippen LogP contribution in [0, 0.1) is 6.92 Å². The highest BCUT2D eigenvalue weighted by molar-refractivity contribution is 5.98. The Labute approximate surface area is 128 Å². The van der Waals surface area contributed by atoms with Gasteiger partial charge in [0.25, 0.3) is 5.91 Å². The van der Waals surface area contributed by atoms with E-state index in [0.717, 1.165) is 28.3 Å².